The summed E-state index contributed by atoms with van der Waals surface area (Å²) in [7, 11) is 0. The third kappa shape index (κ3) is 3.30. The summed E-state index contributed by atoms with van der Waals surface area (Å²) in [6, 6.07) is 9.40. The molecule has 1 saturated heterocycles. The van der Waals surface area contributed by atoms with Crippen LogP contribution in [0.1, 0.15) is 30.1 Å². The predicted molar refractivity (Wildman–Crippen MR) is 69.8 cm³/mol. The fourth-order valence-corrected chi connectivity index (χ4v) is 2.39. The highest BCUT2D eigenvalue weighted by molar-refractivity contribution is 5.32. The Hall–Kier alpha value is -1.41. The molecule has 0 amide bonds. The van der Waals surface area contributed by atoms with Crippen molar-refractivity contribution in [1.29, 1.82) is 5.26 Å². The van der Waals surface area contributed by atoms with Gasteiger partial charge in [-0.2, -0.15) is 5.26 Å². The van der Waals surface area contributed by atoms with Crippen LogP contribution in [-0.4, -0.2) is 35.7 Å². The zero-order chi connectivity index (χ0) is 13.0. The molecule has 1 aromatic carbocycles. The molecule has 1 aliphatic heterocycles. The molecule has 0 aromatic heterocycles. The van der Waals surface area contributed by atoms with Gasteiger partial charge in [0.2, 0.25) is 0 Å². The Labute approximate surface area is 108 Å². The van der Waals surface area contributed by atoms with Gasteiger partial charge >= 0.3 is 0 Å². The van der Waals surface area contributed by atoms with Crippen LogP contribution in [0.25, 0.3) is 0 Å². The first-order valence-electron chi connectivity index (χ1n) is 6.35. The summed E-state index contributed by atoms with van der Waals surface area (Å²) < 4.78 is 0. The Balaban J connectivity index is 1.94. The lowest BCUT2D eigenvalue weighted by Crippen LogP contribution is -2.44. The molecule has 1 heterocycles. The van der Waals surface area contributed by atoms with Crippen LogP contribution >= 0.6 is 0 Å². The molecule has 4 heteroatoms. The second-order valence-corrected chi connectivity index (χ2v) is 4.91. The van der Waals surface area contributed by atoms with E-state index in [1.54, 1.807) is 12.1 Å². The van der Waals surface area contributed by atoms with Crippen molar-refractivity contribution in [3.63, 3.8) is 0 Å². The van der Waals surface area contributed by atoms with E-state index < -0.39 is 6.10 Å². The first-order chi connectivity index (χ1) is 8.69. The Morgan fingerprint density at radius 1 is 1.44 bits per heavy atom. The summed E-state index contributed by atoms with van der Waals surface area (Å²) in [5, 5.41) is 18.9. The van der Waals surface area contributed by atoms with Gasteiger partial charge in [-0.1, -0.05) is 12.1 Å². The maximum absolute atomic E-state index is 10.2. The SMILES string of the molecule is N#Cc1ccc(C(O)CN2CCCC(N)C2)cc1. The molecule has 1 aromatic rings. The smallest absolute Gasteiger partial charge is 0.0991 e. The van der Waals surface area contributed by atoms with Gasteiger partial charge in [-0.05, 0) is 37.1 Å². The number of nitrogens with zero attached hydrogens (tertiary/aromatic N) is 2. The maximum atomic E-state index is 10.2. The Morgan fingerprint density at radius 3 is 2.78 bits per heavy atom. The van der Waals surface area contributed by atoms with Gasteiger partial charge in [0.15, 0.2) is 0 Å². The van der Waals surface area contributed by atoms with Gasteiger partial charge in [0.25, 0.3) is 0 Å². The summed E-state index contributed by atoms with van der Waals surface area (Å²) in [5.41, 5.74) is 7.39. The number of rotatable bonds is 3. The van der Waals surface area contributed by atoms with E-state index in [2.05, 4.69) is 11.0 Å². The van der Waals surface area contributed by atoms with E-state index in [9.17, 15) is 5.11 Å². The van der Waals surface area contributed by atoms with Crippen LogP contribution in [0.4, 0.5) is 0 Å². The molecule has 2 unspecified atom stereocenters. The minimum Gasteiger partial charge on any atom is -0.387 e. The number of likely N-dealkylation sites (tertiary alicyclic amines) is 1. The zero-order valence-electron chi connectivity index (χ0n) is 10.4. The first-order valence-corrected chi connectivity index (χ1v) is 6.35. The number of nitriles is 1. The van der Waals surface area contributed by atoms with E-state index in [0.717, 1.165) is 31.5 Å². The Kier molecular flexibility index (Phi) is 4.32. The van der Waals surface area contributed by atoms with E-state index in [1.807, 2.05) is 12.1 Å². The summed E-state index contributed by atoms with van der Waals surface area (Å²) in [4.78, 5) is 2.21. The summed E-state index contributed by atoms with van der Waals surface area (Å²) in [6.45, 7) is 2.47. The lowest BCUT2D eigenvalue weighted by Gasteiger charge is -2.32. The van der Waals surface area contributed by atoms with E-state index in [1.165, 1.54) is 0 Å². The molecular formula is C14H19N3O. The fraction of sp³-hybridized carbons (Fsp3) is 0.500. The van der Waals surface area contributed by atoms with Crippen LogP contribution in [0.3, 0.4) is 0 Å². The summed E-state index contributed by atoms with van der Waals surface area (Å²) >= 11 is 0. The molecule has 3 N–H and O–H groups in total. The molecule has 0 aliphatic carbocycles. The van der Waals surface area contributed by atoms with Gasteiger partial charge in [-0.3, -0.25) is 4.90 Å². The van der Waals surface area contributed by atoms with Crippen LogP contribution in [0.2, 0.25) is 0 Å². The third-order valence-corrected chi connectivity index (χ3v) is 3.40. The standard InChI is InChI=1S/C14H19N3O/c15-8-11-3-5-12(6-4-11)14(18)10-17-7-1-2-13(16)9-17/h3-6,13-14,18H,1-2,7,9-10,16H2. The van der Waals surface area contributed by atoms with Crippen LogP contribution in [0.15, 0.2) is 24.3 Å². The zero-order valence-corrected chi connectivity index (χ0v) is 10.4. The minimum atomic E-state index is -0.511. The lowest BCUT2D eigenvalue weighted by molar-refractivity contribution is 0.0962. The highest BCUT2D eigenvalue weighted by Gasteiger charge is 2.19. The van der Waals surface area contributed by atoms with Gasteiger partial charge in [0.1, 0.15) is 0 Å². The topological polar surface area (TPSA) is 73.3 Å². The molecule has 4 nitrogen and oxygen atoms in total. The molecular weight excluding hydrogens is 226 g/mol. The Morgan fingerprint density at radius 2 is 2.17 bits per heavy atom. The van der Waals surface area contributed by atoms with Crippen LogP contribution in [0, 0.1) is 11.3 Å². The average Bonchev–Trinajstić information content (AvgIpc) is 2.39. The number of β-amino-alcohol motifs (C(OH)–C–C–N with tert-alkyl or cyclic N) is 1. The molecule has 2 rings (SSSR count). The maximum Gasteiger partial charge on any atom is 0.0991 e. The highest BCUT2D eigenvalue weighted by atomic mass is 16.3. The average molecular weight is 245 g/mol. The minimum absolute atomic E-state index is 0.229. The van der Waals surface area contributed by atoms with E-state index in [0.29, 0.717) is 12.1 Å². The molecule has 0 radical (unpaired) electrons. The molecule has 2 atom stereocenters. The number of hydrogen-bond donors (Lipinski definition) is 2. The van der Waals surface area contributed by atoms with Crippen molar-refractivity contribution in [1.82, 2.24) is 4.90 Å². The van der Waals surface area contributed by atoms with Crippen molar-refractivity contribution in [2.24, 2.45) is 5.73 Å². The lowest BCUT2D eigenvalue weighted by atomic mass is 10.0. The van der Waals surface area contributed by atoms with E-state index in [-0.39, 0.29) is 6.04 Å². The van der Waals surface area contributed by atoms with Crippen molar-refractivity contribution in [3.05, 3.63) is 35.4 Å². The van der Waals surface area contributed by atoms with Crippen molar-refractivity contribution in [2.45, 2.75) is 25.0 Å². The van der Waals surface area contributed by atoms with Crippen LogP contribution in [-0.2, 0) is 0 Å². The van der Waals surface area contributed by atoms with E-state index in [4.69, 9.17) is 11.0 Å². The monoisotopic (exact) mass is 245 g/mol. The van der Waals surface area contributed by atoms with Gasteiger partial charge in [-0.25, -0.2) is 0 Å². The van der Waals surface area contributed by atoms with E-state index >= 15 is 0 Å². The van der Waals surface area contributed by atoms with Gasteiger partial charge < -0.3 is 10.8 Å². The van der Waals surface area contributed by atoms with Gasteiger partial charge in [0, 0.05) is 19.1 Å². The number of aliphatic hydroxyl groups is 1. The van der Waals surface area contributed by atoms with Crippen molar-refractivity contribution in [3.8, 4) is 6.07 Å². The largest absolute Gasteiger partial charge is 0.387 e. The van der Waals surface area contributed by atoms with Crippen molar-refractivity contribution < 1.29 is 5.11 Å². The molecule has 1 aliphatic rings. The molecule has 0 bridgehead atoms. The number of aliphatic hydroxyl groups excluding tert-OH is 1. The summed E-state index contributed by atoms with van der Waals surface area (Å²) in [6.07, 6.45) is 1.66. The second kappa shape index (κ2) is 5.96. The third-order valence-electron chi connectivity index (χ3n) is 3.40. The quantitative estimate of drug-likeness (QED) is 0.833. The van der Waals surface area contributed by atoms with Crippen LogP contribution in [0.5, 0.6) is 0 Å². The molecule has 0 spiro atoms. The molecule has 1 fully saturated rings. The number of piperidine rings is 1. The number of hydrogen-bond acceptors (Lipinski definition) is 4. The predicted octanol–water partition coefficient (Wildman–Crippen LogP) is 1.01. The van der Waals surface area contributed by atoms with Crippen molar-refractivity contribution in [2.75, 3.05) is 19.6 Å². The second-order valence-electron chi connectivity index (χ2n) is 4.91. The Bertz CT molecular complexity index is 424. The highest BCUT2D eigenvalue weighted by Crippen LogP contribution is 2.17. The first kappa shape index (κ1) is 13.0. The van der Waals surface area contributed by atoms with Crippen molar-refractivity contribution >= 4 is 0 Å². The molecule has 96 valence electrons. The number of benzene rings is 1. The number of nitrogens with two attached hydrogens (primary N) is 1. The normalized spacial score (nSPS) is 22.4. The van der Waals surface area contributed by atoms with Gasteiger partial charge in [-0.15, -0.1) is 0 Å². The fourth-order valence-electron chi connectivity index (χ4n) is 2.39. The molecule has 18 heavy (non-hydrogen) atoms. The summed E-state index contributed by atoms with van der Waals surface area (Å²) in [5.74, 6) is 0. The van der Waals surface area contributed by atoms with Crippen LogP contribution < -0.4 is 5.73 Å². The molecule has 0 saturated carbocycles. The van der Waals surface area contributed by atoms with Gasteiger partial charge in [0.05, 0.1) is 17.7 Å².